The summed E-state index contributed by atoms with van der Waals surface area (Å²) in [6.45, 7) is 0.488. The van der Waals surface area contributed by atoms with Crippen molar-refractivity contribution < 1.29 is 27.8 Å². The Morgan fingerprint density at radius 1 is 1.33 bits per heavy atom. The van der Waals surface area contributed by atoms with Crippen molar-refractivity contribution in [2.45, 2.75) is 37.7 Å². The van der Waals surface area contributed by atoms with Crippen molar-refractivity contribution in [2.24, 2.45) is 0 Å². The molecule has 0 bridgehead atoms. The van der Waals surface area contributed by atoms with E-state index >= 15 is 0 Å². The lowest BCUT2D eigenvalue weighted by Crippen LogP contribution is -2.46. The SMILES string of the molecule is O=c1cc(CN2CCCC2C(O)C(F)(F)F)c2ccc(O)cc2o1. The monoisotopic (exact) mass is 343 g/mol. The van der Waals surface area contributed by atoms with Gasteiger partial charge in [0.25, 0.3) is 0 Å². The Morgan fingerprint density at radius 2 is 2.08 bits per heavy atom. The Labute approximate surface area is 134 Å². The largest absolute Gasteiger partial charge is 0.508 e. The highest BCUT2D eigenvalue weighted by Crippen LogP contribution is 2.32. The summed E-state index contributed by atoms with van der Waals surface area (Å²) in [6.07, 6.45) is -6.33. The van der Waals surface area contributed by atoms with Crippen LogP contribution in [0, 0.1) is 0 Å². The van der Waals surface area contributed by atoms with Gasteiger partial charge in [-0.1, -0.05) is 0 Å². The molecule has 2 atom stereocenters. The van der Waals surface area contributed by atoms with Gasteiger partial charge in [-0.3, -0.25) is 4.90 Å². The van der Waals surface area contributed by atoms with E-state index in [4.69, 9.17) is 4.42 Å². The summed E-state index contributed by atoms with van der Waals surface area (Å²) >= 11 is 0. The van der Waals surface area contributed by atoms with Gasteiger partial charge in [0, 0.05) is 30.1 Å². The number of alkyl halides is 3. The molecule has 1 saturated heterocycles. The van der Waals surface area contributed by atoms with E-state index in [2.05, 4.69) is 0 Å². The standard InChI is InChI=1S/C16H16F3NO4/c17-16(18,19)15(23)12-2-1-5-20(12)8-9-6-14(22)24-13-7-10(21)3-4-11(9)13/h3-4,6-7,12,15,21,23H,1-2,5,8H2. The van der Waals surface area contributed by atoms with E-state index in [1.165, 1.54) is 23.1 Å². The van der Waals surface area contributed by atoms with E-state index in [-0.39, 0.29) is 24.3 Å². The number of benzene rings is 1. The van der Waals surface area contributed by atoms with Crippen LogP contribution in [0.25, 0.3) is 11.0 Å². The first kappa shape index (κ1) is 16.8. The van der Waals surface area contributed by atoms with Crippen LogP contribution in [0.1, 0.15) is 18.4 Å². The summed E-state index contributed by atoms with van der Waals surface area (Å²) < 4.78 is 43.4. The van der Waals surface area contributed by atoms with Crippen molar-refractivity contribution in [1.82, 2.24) is 4.90 Å². The fraction of sp³-hybridized carbons (Fsp3) is 0.438. The molecule has 1 fully saturated rings. The lowest BCUT2D eigenvalue weighted by molar-refractivity contribution is -0.219. The molecule has 1 aliphatic rings. The van der Waals surface area contributed by atoms with Crippen molar-refractivity contribution in [1.29, 1.82) is 0 Å². The number of phenolic OH excluding ortho intramolecular Hbond substituents is 1. The predicted octanol–water partition coefficient (Wildman–Crippen LogP) is 2.39. The van der Waals surface area contributed by atoms with Gasteiger partial charge in [0.2, 0.25) is 0 Å². The van der Waals surface area contributed by atoms with Crippen molar-refractivity contribution in [2.75, 3.05) is 6.54 Å². The van der Waals surface area contributed by atoms with Crippen LogP contribution < -0.4 is 5.63 Å². The third kappa shape index (κ3) is 3.25. The molecule has 0 spiro atoms. The first-order chi connectivity index (χ1) is 11.3. The van der Waals surface area contributed by atoms with Gasteiger partial charge in [0.15, 0.2) is 6.10 Å². The van der Waals surface area contributed by atoms with Gasteiger partial charge in [0.1, 0.15) is 11.3 Å². The van der Waals surface area contributed by atoms with Crippen molar-refractivity contribution >= 4 is 11.0 Å². The Morgan fingerprint density at radius 3 is 2.79 bits per heavy atom. The molecule has 2 unspecified atom stereocenters. The molecule has 3 rings (SSSR count). The molecule has 2 heterocycles. The number of rotatable bonds is 3. The van der Waals surface area contributed by atoms with Gasteiger partial charge in [0.05, 0.1) is 0 Å². The van der Waals surface area contributed by atoms with Crippen LogP contribution in [0.15, 0.2) is 33.5 Å². The fourth-order valence-electron chi connectivity index (χ4n) is 3.19. The van der Waals surface area contributed by atoms with Crippen molar-refractivity contribution in [3.8, 4) is 5.75 Å². The molecular weight excluding hydrogens is 327 g/mol. The second-order valence-electron chi connectivity index (χ2n) is 5.94. The highest BCUT2D eigenvalue weighted by atomic mass is 19.4. The van der Waals surface area contributed by atoms with Gasteiger partial charge >= 0.3 is 11.8 Å². The molecule has 0 amide bonds. The molecule has 2 N–H and O–H groups in total. The van der Waals surface area contributed by atoms with Gasteiger partial charge in [-0.25, -0.2) is 4.79 Å². The number of aliphatic hydroxyl groups is 1. The first-order valence-corrected chi connectivity index (χ1v) is 7.50. The maximum absolute atomic E-state index is 12.8. The number of hydrogen-bond donors (Lipinski definition) is 2. The molecule has 1 aromatic carbocycles. The smallest absolute Gasteiger partial charge is 0.415 e. The minimum Gasteiger partial charge on any atom is -0.508 e. The third-order valence-corrected chi connectivity index (χ3v) is 4.30. The van der Waals surface area contributed by atoms with Crippen LogP contribution in [-0.4, -0.2) is 40.0 Å². The summed E-state index contributed by atoms with van der Waals surface area (Å²) in [6, 6.07) is 4.44. The van der Waals surface area contributed by atoms with E-state index in [0.717, 1.165) is 0 Å². The molecule has 5 nitrogen and oxygen atoms in total. The fourth-order valence-corrected chi connectivity index (χ4v) is 3.19. The number of halogens is 3. The van der Waals surface area contributed by atoms with Crippen LogP contribution >= 0.6 is 0 Å². The van der Waals surface area contributed by atoms with Gasteiger partial charge < -0.3 is 14.6 Å². The molecule has 8 heteroatoms. The van der Waals surface area contributed by atoms with Gasteiger partial charge in [-0.05, 0) is 37.1 Å². The van der Waals surface area contributed by atoms with E-state index in [1.807, 2.05) is 0 Å². The molecule has 2 aromatic rings. The molecule has 1 aliphatic heterocycles. The maximum atomic E-state index is 12.8. The highest BCUT2D eigenvalue weighted by Gasteiger charge is 2.46. The molecule has 0 aliphatic carbocycles. The number of fused-ring (bicyclic) bond motifs is 1. The minimum atomic E-state index is -4.68. The number of hydrogen-bond acceptors (Lipinski definition) is 5. The molecule has 1 aromatic heterocycles. The number of aliphatic hydroxyl groups excluding tert-OH is 1. The van der Waals surface area contributed by atoms with Crippen molar-refractivity contribution in [3.05, 3.63) is 40.2 Å². The van der Waals surface area contributed by atoms with Crippen LogP contribution in [-0.2, 0) is 6.54 Å². The van der Waals surface area contributed by atoms with Gasteiger partial charge in [-0.15, -0.1) is 0 Å². The summed E-state index contributed by atoms with van der Waals surface area (Å²) in [5.74, 6) is -0.0747. The zero-order valence-corrected chi connectivity index (χ0v) is 12.6. The number of aromatic hydroxyl groups is 1. The quantitative estimate of drug-likeness (QED) is 0.837. The average Bonchev–Trinajstić information content (AvgIpc) is 2.92. The Kier molecular flexibility index (Phi) is 4.27. The molecule has 130 valence electrons. The Bertz CT molecular complexity index is 802. The number of nitrogens with zero attached hydrogens (tertiary/aromatic N) is 1. The van der Waals surface area contributed by atoms with Crippen molar-refractivity contribution in [3.63, 3.8) is 0 Å². The van der Waals surface area contributed by atoms with Crippen LogP contribution in [0.5, 0.6) is 5.75 Å². The molecular formula is C16H16F3NO4. The maximum Gasteiger partial charge on any atom is 0.415 e. The lowest BCUT2D eigenvalue weighted by atomic mass is 10.1. The zero-order chi connectivity index (χ0) is 17.5. The van der Waals surface area contributed by atoms with Crippen LogP contribution in [0.3, 0.4) is 0 Å². The first-order valence-electron chi connectivity index (χ1n) is 7.50. The summed E-state index contributed by atoms with van der Waals surface area (Å²) in [5, 5.41) is 19.6. The van der Waals surface area contributed by atoms with Gasteiger partial charge in [-0.2, -0.15) is 13.2 Å². The molecule has 0 saturated carbocycles. The normalized spacial score (nSPS) is 20.6. The number of phenols is 1. The number of likely N-dealkylation sites (tertiary alicyclic amines) is 1. The Hall–Kier alpha value is -2.06. The third-order valence-electron chi connectivity index (χ3n) is 4.30. The molecule has 0 radical (unpaired) electrons. The van der Waals surface area contributed by atoms with E-state index in [1.54, 1.807) is 6.07 Å². The summed E-state index contributed by atoms with van der Waals surface area (Å²) in [4.78, 5) is 13.2. The topological polar surface area (TPSA) is 73.9 Å². The summed E-state index contributed by atoms with van der Waals surface area (Å²) in [5.41, 5.74) is 0.0300. The summed E-state index contributed by atoms with van der Waals surface area (Å²) in [7, 11) is 0. The van der Waals surface area contributed by atoms with Crippen LogP contribution in [0.2, 0.25) is 0 Å². The lowest BCUT2D eigenvalue weighted by Gasteiger charge is -2.29. The van der Waals surface area contributed by atoms with E-state index in [0.29, 0.717) is 23.9 Å². The van der Waals surface area contributed by atoms with E-state index < -0.39 is 23.9 Å². The Balaban J connectivity index is 1.93. The highest BCUT2D eigenvalue weighted by molar-refractivity contribution is 5.81. The molecule has 24 heavy (non-hydrogen) atoms. The second kappa shape index (κ2) is 6.10. The average molecular weight is 343 g/mol. The zero-order valence-electron chi connectivity index (χ0n) is 12.6. The minimum absolute atomic E-state index is 0.0747. The van der Waals surface area contributed by atoms with Crippen LogP contribution in [0.4, 0.5) is 13.2 Å². The predicted molar refractivity (Wildman–Crippen MR) is 79.6 cm³/mol. The van der Waals surface area contributed by atoms with E-state index in [9.17, 15) is 28.2 Å². The second-order valence-corrected chi connectivity index (χ2v) is 5.94.